The Balaban J connectivity index is 3.20. The third-order valence-corrected chi connectivity index (χ3v) is 1.88. The third kappa shape index (κ3) is 2.16. The van der Waals surface area contributed by atoms with Crippen molar-refractivity contribution in [2.75, 3.05) is 5.73 Å². The molecule has 1 aromatic rings. The summed E-state index contributed by atoms with van der Waals surface area (Å²) in [6.45, 7) is 3.57. The molecule has 1 rings (SSSR count). The van der Waals surface area contributed by atoms with E-state index in [0.717, 1.165) is 12.3 Å². The lowest BCUT2D eigenvalue weighted by Crippen LogP contribution is -2.10. The van der Waals surface area contributed by atoms with Gasteiger partial charge in [-0.15, -0.1) is 0 Å². The van der Waals surface area contributed by atoms with Gasteiger partial charge in [0.05, 0.1) is 11.9 Å². The summed E-state index contributed by atoms with van der Waals surface area (Å²) < 4.78 is 36.8. The van der Waals surface area contributed by atoms with Crippen molar-refractivity contribution in [1.29, 1.82) is 0 Å². The van der Waals surface area contributed by atoms with Crippen molar-refractivity contribution in [1.82, 2.24) is 4.98 Å². The van der Waals surface area contributed by atoms with E-state index in [1.54, 1.807) is 13.8 Å². The number of nitrogen functional groups attached to an aromatic ring is 1. The number of nitrogens with zero attached hydrogens (tertiary/aromatic N) is 1. The van der Waals surface area contributed by atoms with Crippen LogP contribution in [0, 0.1) is 0 Å². The topological polar surface area (TPSA) is 38.9 Å². The number of hydrogen-bond donors (Lipinski definition) is 1. The number of alkyl halides is 3. The molecule has 0 unspecified atom stereocenters. The van der Waals surface area contributed by atoms with E-state index >= 15 is 0 Å². The smallest absolute Gasteiger partial charge is 0.397 e. The molecule has 0 saturated heterocycles. The number of nitrogens with two attached hydrogens (primary N) is 1. The Bertz CT molecular complexity index is 331. The van der Waals surface area contributed by atoms with Gasteiger partial charge in [0.2, 0.25) is 0 Å². The van der Waals surface area contributed by atoms with Gasteiger partial charge in [-0.25, -0.2) is 4.98 Å². The largest absolute Gasteiger partial charge is 0.433 e. The Morgan fingerprint density at radius 1 is 1.36 bits per heavy atom. The van der Waals surface area contributed by atoms with E-state index in [2.05, 4.69) is 4.98 Å². The predicted octanol–water partition coefficient (Wildman–Crippen LogP) is 2.81. The highest BCUT2D eigenvalue weighted by Gasteiger charge is 2.33. The van der Waals surface area contributed by atoms with Crippen molar-refractivity contribution >= 4 is 5.69 Å². The van der Waals surface area contributed by atoms with E-state index in [4.69, 9.17) is 5.73 Å². The average molecular weight is 204 g/mol. The maximum atomic E-state index is 12.3. The van der Waals surface area contributed by atoms with Gasteiger partial charge in [0.25, 0.3) is 0 Å². The SMILES string of the molecule is CC(C)c1cc(C(F)(F)F)ncc1N. The summed E-state index contributed by atoms with van der Waals surface area (Å²) in [5.41, 5.74) is 5.39. The number of halogens is 3. The summed E-state index contributed by atoms with van der Waals surface area (Å²) in [6.07, 6.45) is -3.35. The molecule has 0 aromatic carbocycles. The zero-order valence-corrected chi connectivity index (χ0v) is 7.89. The van der Waals surface area contributed by atoms with Gasteiger partial charge in [0.15, 0.2) is 0 Å². The van der Waals surface area contributed by atoms with Crippen LogP contribution in [0.25, 0.3) is 0 Å². The monoisotopic (exact) mass is 204 g/mol. The van der Waals surface area contributed by atoms with Gasteiger partial charge in [-0.1, -0.05) is 13.8 Å². The molecule has 14 heavy (non-hydrogen) atoms. The first-order valence-corrected chi connectivity index (χ1v) is 4.15. The molecule has 5 heteroatoms. The summed E-state index contributed by atoms with van der Waals surface area (Å²) in [5, 5.41) is 0. The summed E-state index contributed by atoms with van der Waals surface area (Å²) in [6, 6.07) is 1.000. The summed E-state index contributed by atoms with van der Waals surface area (Å²) in [4.78, 5) is 3.24. The quantitative estimate of drug-likeness (QED) is 0.763. The second-order valence-corrected chi connectivity index (χ2v) is 3.35. The minimum absolute atomic E-state index is 0.0425. The van der Waals surface area contributed by atoms with Gasteiger partial charge >= 0.3 is 6.18 Å². The van der Waals surface area contributed by atoms with E-state index in [9.17, 15) is 13.2 Å². The molecule has 1 aromatic heterocycles. The van der Waals surface area contributed by atoms with Crippen molar-refractivity contribution in [2.24, 2.45) is 0 Å². The lowest BCUT2D eigenvalue weighted by Gasteiger charge is -2.12. The van der Waals surface area contributed by atoms with Gasteiger partial charge in [-0.2, -0.15) is 13.2 Å². The zero-order valence-electron chi connectivity index (χ0n) is 7.89. The van der Waals surface area contributed by atoms with Gasteiger partial charge in [-0.05, 0) is 17.5 Å². The fraction of sp³-hybridized carbons (Fsp3) is 0.444. The highest BCUT2D eigenvalue weighted by Crippen LogP contribution is 2.31. The van der Waals surface area contributed by atoms with Crippen LogP contribution in [-0.4, -0.2) is 4.98 Å². The number of hydrogen-bond acceptors (Lipinski definition) is 2. The minimum atomic E-state index is -4.41. The molecule has 0 saturated carbocycles. The van der Waals surface area contributed by atoms with Crippen LogP contribution < -0.4 is 5.73 Å². The van der Waals surface area contributed by atoms with Crippen LogP contribution in [-0.2, 0) is 6.18 Å². The molecule has 0 aliphatic carbocycles. The van der Waals surface area contributed by atoms with Crippen LogP contribution >= 0.6 is 0 Å². The number of pyridine rings is 1. The van der Waals surface area contributed by atoms with Crippen molar-refractivity contribution in [3.8, 4) is 0 Å². The van der Waals surface area contributed by atoms with Crippen LogP contribution in [0.1, 0.15) is 31.0 Å². The standard InChI is InChI=1S/C9H11F3N2/c1-5(2)6-3-8(9(10,11)12)14-4-7(6)13/h3-5H,13H2,1-2H3. The van der Waals surface area contributed by atoms with Gasteiger partial charge < -0.3 is 5.73 Å². The van der Waals surface area contributed by atoms with Crippen LogP contribution in [0.5, 0.6) is 0 Å². The molecule has 0 radical (unpaired) electrons. The highest BCUT2D eigenvalue weighted by molar-refractivity contribution is 5.47. The van der Waals surface area contributed by atoms with E-state index in [-0.39, 0.29) is 5.92 Å². The molecule has 0 amide bonds. The molecule has 0 fully saturated rings. The van der Waals surface area contributed by atoms with Crippen LogP contribution in [0.3, 0.4) is 0 Å². The fourth-order valence-electron chi connectivity index (χ4n) is 1.14. The second-order valence-electron chi connectivity index (χ2n) is 3.35. The second kappa shape index (κ2) is 3.48. The number of anilines is 1. The first-order chi connectivity index (χ1) is 6.32. The van der Waals surface area contributed by atoms with Crippen LogP contribution in [0.15, 0.2) is 12.3 Å². The lowest BCUT2D eigenvalue weighted by atomic mass is 10.0. The van der Waals surface area contributed by atoms with Crippen molar-refractivity contribution in [3.05, 3.63) is 23.5 Å². The Labute approximate surface area is 79.9 Å². The Morgan fingerprint density at radius 2 is 1.93 bits per heavy atom. The lowest BCUT2D eigenvalue weighted by molar-refractivity contribution is -0.141. The molecule has 2 N–H and O–H groups in total. The van der Waals surface area contributed by atoms with Gasteiger partial charge in [0, 0.05) is 0 Å². The van der Waals surface area contributed by atoms with E-state index in [1.165, 1.54) is 0 Å². The number of aromatic nitrogens is 1. The highest BCUT2D eigenvalue weighted by atomic mass is 19.4. The predicted molar refractivity (Wildman–Crippen MR) is 47.7 cm³/mol. The van der Waals surface area contributed by atoms with E-state index in [1.807, 2.05) is 0 Å². The van der Waals surface area contributed by atoms with Crippen LogP contribution in [0.4, 0.5) is 18.9 Å². The molecule has 0 aliphatic heterocycles. The summed E-state index contributed by atoms with van der Waals surface area (Å²) in [5.74, 6) is -0.0425. The molecule has 1 heterocycles. The van der Waals surface area contributed by atoms with E-state index < -0.39 is 11.9 Å². The average Bonchev–Trinajstić information content (AvgIpc) is 2.02. The Morgan fingerprint density at radius 3 is 2.36 bits per heavy atom. The molecule has 0 spiro atoms. The molecular formula is C9H11F3N2. The first kappa shape index (κ1) is 10.8. The van der Waals surface area contributed by atoms with Crippen molar-refractivity contribution < 1.29 is 13.2 Å². The third-order valence-electron chi connectivity index (χ3n) is 1.88. The molecule has 0 bridgehead atoms. The normalized spacial score (nSPS) is 12.1. The van der Waals surface area contributed by atoms with Gasteiger partial charge in [0.1, 0.15) is 5.69 Å². The molecule has 0 aliphatic rings. The maximum Gasteiger partial charge on any atom is 0.433 e. The molecule has 2 nitrogen and oxygen atoms in total. The van der Waals surface area contributed by atoms with Crippen molar-refractivity contribution in [2.45, 2.75) is 25.9 Å². The maximum absolute atomic E-state index is 12.3. The zero-order chi connectivity index (χ0) is 10.9. The Kier molecular flexibility index (Phi) is 2.69. The molecule has 0 atom stereocenters. The first-order valence-electron chi connectivity index (χ1n) is 4.15. The fourth-order valence-corrected chi connectivity index (χ4v) is 1.14. The Hall–Kier alpha value is -1.26. The summed E-state index contributed by atoms with van der Waals surface area (Å²) >= 11 is 0. The minimum Gasteiger partial charge on any atom is -0.397 e. The number of rotatable bonds is 1. The molecule has 78 valence electrons. The van der Waals surface area contributed by atoms with Gasteiger partial charge in [-0.3, -0.25) is 0 Å². The molecular weight excluding hydrogens is 193 g/mol. The van der Waals surface area contributed by atoms with E-state index in [0.29, 0.717) is 11.3 Å². The summed E-state index contributed by atoms with van der Waals surface area (Å²) in [7, 11) is 0. The van der Waals surface area contributed by atoms with Crippen molar-refractivity contribution in [3.63, 3.8) is 0 Å². The van der Waals surface area contributed by atoms with Crippen LogP contribution in [0.2, 0.25) is 0 Å².